The summed E-state index contributed by atoms with van der Waals surface area (Å²) in [5, 5.41) is 10.2. The van der Waals surface area contributed by atoms with Crippen molar-refractivity contribution in [3.63, 3.8) is 0 Å². The first kappa shape index (κ1) is 16.4. The zero-order valence-electron chi connectivity index (χ0n) is 13.1. The van der Waals surface area contributed by atoms with E-state index in [1.54, 1.807) is 0 Å². The van der Waals surface area contributed by atoms with Gasteiger partial charge in [-0.2, -0.15) is 0 Å². The van der Waals surface area contributed by atoms with Crippen LogP contribution in [0.5, 0.6) is 0 Å². The van der Waals surface area contributed by atoms with E-state index >= 15 is 0 Å². The van der Waals surface area contributed by atoms with Gasteiger partial charge < -0.3 is 10.0 Å². The van der Waals surface area contributed by atoms with Crippen molar-refractivity contribution < 1.29 is 13.9 Å². The summed E-state index contributed by atoms with van der Waals surface area (Å²) in [7, 11) is 1.95. The molecule has 1 aromatic carbocycles. The highest BCUT2D eigenvalue weighted by Gasteiger charge is 2.29. The van der Waals surface area contributed by atoms with Crippen LogP contribution in [-0.2, 0) is 0 Å². The van der Waals surface area contributed by atoms with Gasteiger partial charge in [-0.3, -0.25) is 0 Å². The average molecular weight is 297 g/mol. The summed E-state index contributed by atoms with van der Waals surface area (Å²) >= 11 is 0. The van der Waals surface area contributed by atoms with Crippen LogP contribution in [0.15, 0.2) is 18.2 Å². The standard InChI is InChI=1S/C17H25F2NO/c1-17(2)9-7-12(8-10-17)20(3)11-15(21)13-5-4-6-14(18)16(13)19/h4-6,12,15,21H,7-11H2,1-3H3. The third-order valence-corrected chi connectivity index (χ3v) is 4.73. The summed E-state index contributed by atoms with van der Waals surface area (Å²) in [6.45, 7) is 4.88. The van der Waals surface area contributed by atoms with E-state index < -0.39 is 17.7 Å². The summed E-state index contributed by atoms with van der Waals surface area (Å²) in [5.41, 5.74) is 0.433. The highest BCUT2D eigenvalue weighted by molar-refractivity contribution is 5.21. The molecule has 1 aromatic rings. The lowest BCUT2D eigenvalue weighted by atomic mass is 9.75. The Balaban J connectivity index is 1.96. The molecule has 1 N–H and O–H groups in total. The fourth-order valence-corrected chi connectivity index (χ4v) is 3.12. The minimum absolute atomic E-state index is 0.0398. The molecule has 0 aromatic heterocycles. The Kier molecular flexibility index (Phi) is 4.99. The van der Waals surface area contributed by atoms with Crippen LogP contribution in [0.3, 0.4) is 0 Å². The van der Waals surface area contributed by atoms with Gasteiger partial charge in [0.15, 0.2) is 11.6 Å². The number of hydrogen-bond donors (Lipinski definition) is 1. The zero-order valence-corrected chi connectivity index (χ0v) is 13.1. The first-order valence-electron chi connectivity index (χ1n) is 7.62. The van der Waals surface area contributed by atoms with Crippen molar-refractivity contribution in [3.05, 3.63) is 35.4 Å². The average Bonchev–Trinajstić information content (AvgIpc) is 2.41. The van der Waals surface area contributed by atoms with Gasteiger partial charge in [-0.25, -0.2) is 8.78 Å². The van der Waals surface area contributed by atoms with Crippen molar-refractivity contribution in [1.29, 1.82) is 0 Å². The Morgan fingerprint density at radius 2 is 1.90 bits per heavy atom. The number of rotatable bonds is 4. The maximum absolute atomic E-state index is 13.7. The number of halogens is 2. The van der Waals surface area contributed by atoms with Gasteiger partial charge in [0.1, 0.15) is 0 Å². The predicted molar refractivity (Wildman–Crippen MR) is 80.0 cm³/mol. The number of hydrogen-bond acceptors (Lipinski definition) is 2. The van der Waals surface area contributed by atoms with Crippen LogP contribution in [-0.4, -0.2) is 29.6 Å². The van der Waals surface area contributed by atoms with Crippen LogP contribution in [0.2, 0.25) is 0 Å². The molecule has 0 aliphatic heterocycles. The van der Waals surface area contributed by atoms with E-state index in [2.05, 4.69) is 18.7 Å². The van der Waals surface area contributed by atoms with Crippen molar-refractivity contribution >= 4 is 0 Å². The number of likely N-dealkylation sites (N-methyl/N-ethyl adjacent to an activating group) is 1. The maximum atomic E-state index is 13.7. The molecule has 2 rings (SSSR count). The van der Waals surface area contributed by atoms with Gasteiger partial charge in [-0.05, 0) is 44.2 Å². The highest BCUT2D eigenvalue weighted by atomic mass is 19.2. The molecule has 0 spiro atoms. The van der Waals surface area contributed by atoms with E-state index in [-0.39, 0.29) is 5.56 Å². The Morgan fingerprint density at radius 3 is 2.52 bits per heavy atom. The van der Waals surface area contributed by atoms with Crippen LogP contribution in [0.4, 0.5) is 8.78 Å². The fourth-order valence-electron chi connectivity index (χ4n) is 3.12. The number of nitrogens with zero attached hydrogens (tertiary/aromatic N) is 1. The lowest BCUT2D eigenvalue weighted by Crippen LogP contribution is -2.39. The fraction of sp³-hybridized carbons (Fsp3) is 0.647. The van der Waals surface area contributed by atoms with E-state index in [1.807, 2.05) is 7.05 Å². The molecule has 1 aliphatic rings. The zero-order chi connectivity index (χ0) is 15.6. The van der Waals surface area contributed by atoms with Gasteiger partial charge in [0.25, 0.3) is 0 Å². The van der Waals surface area contributed by atoms with Gasteiger partial charge in [0.05, 0.1) is 6.10 Å². The first-order chi connectivity index (χ1) is 9.80. The minimum Gasteiger partial charge on any atom is -0.387 e. The van der Waals surface area contributed by atoms with Crippen molar-refractivity contribution in [1.82, 2.24) is 4.90 Å². The second-order valence-corrected chi connectivity index (χ2v) is 6.99. The van der Waals surface area contributed by atoms with Crippen LogP contribution in [0.1, 0.15) is 51.2 Å². The molecule has 118 valence electrons. The molecule has 1 saturated carbocycles. The molecule has 21 heavy (non-hydrogen) atoms. The third kappa shape index (κ3) is 4.01. The molecular formula is C17H25F2NO. The van der Waals surface area contributed by atoms with E-state index in [1.165, 1.54) is 12.1 Å². The Morgan fingerprint density at radius 1 is 1.29 bits per heavy atom. The molecule has 1 fully saturated rings. The smallest absolute Gasteiger partial charge is 0.164 e. The van der Waals surface area contributed by atoms with E-state index in [0.717, 1.165) is 31.7 Å². The summed E-state index contributed by atoms with van der Waals surface area (Å²) in [6, 6.07) is 4.35. The largest absolute Gasteiger partial charge is 0.387 e. The molecule has 0 saturated heterocycles. The molecule has 1 unspecified atom stereocenters. The van der Waals surface area contributed by atoms with Gasteiger partial charge in [0.2, 0.25) is 0 Å². The lowest BCUT2D eigenvalue weighted by Gasteiger charge is -2.39. The van der Waals surface area contributed by atoms with Crippen molar-refractivity contribution in [2.75, 3.05) is 13.6 Å². The molecule has 1 aliphatic carbocycles. The minimum atomic E-state index is -0.999. The quantitative estimate of drug-likeness (QED) is 0.911. The predicted octanol–water partition coefficient (Wildman–Crippen LogP) is 3.90. The monoisotopic (exact) mass is 297 g/mol. The molecular weight excluding hydrogens is 272 g/mol. The second-order valence-electron chi connectivity index (χ2n) is 6.99. The van der Waals surface area contributed by atoms with E-state index in [0.29, 0.717) is 18.0 Å². The van der Waals surface area contributed by atoms with Crippen LogP contribution in [0, 0.1) is 17.0 Å². The Bertz CT molecular complexity index is 480. The highest BCUT2D eigenvalue weighted by Crippen LogP contribution is 2.37. The summed E-state index contributed by atoms with van der Waals surface area (Å²) in [6.07, 6.45) is 3.49. The van der Waals surface area contributed by atoms with Crippen molar-refractivity contribution in [2.45, 2.75) is 51.7 Å². The van der Waals surface area contributed by atoms with E-state index in [9.17, 15) is 13.9 Å². The summed E-state index contributed by atoms with van der Waals surface area (Å²) in [4.78, 5) is 2.07. The maximum Gasteiger partial charge on any atom is 0.164 e. The number of aliphatic hydroxyl groups excluding tert-OH is 1. The third-order valence-electron chi connectivity index (χ3n) is 4.73. The van der Waals surface area contributed by atoms with Gasteiger partial charge in [0, 0.05) is 18.2 Å². The summed E-state index contributed by atoms with van der Waals surface area (Å²) in [5.74, 6) is -1.85. The van der Waals surface area contributed by atoms with Crippen LogP contribution in [0.25, 0.3) is 0 Å². The molecule has 1 atom stereocenters. The SMILES string of the molecule is CN(CC(O)c1cccc(F)c1F)C1CCC(C)(C)CC1. The lowest BCUT2D eigenvalue weighted by molar-refractivity contribution is 0.0703. The van der Waals surface area contributed by atoms with Crippen molar-refractivity contribution in [2.24, 2.45) is 5.41 Å². The molecule has 0 bridgehead atoms. The van der Waals surface area contributed by atoms with Gasteiger partial charge in [-0.15, -0.1) is 0 Å². The topological polar surface area (TPSA) is 23.5 Å². The van der Waals surface area contributed by atoms with Crippen LogP contribution >= 0.6 is 0 Å². The van der Waals surface area contributed by atoms with Gasteiger partial charge in [-0.1, -0.05) is 26.0 Å². The summed E-state index contributed by atoms with van der Waals surface area (Å²) < 4.78 is 26.9. The van der Waals surface area contributed by atoms with E-state index in [4.69, 9.17) is 0 Å². The Labute approximate surface area is 125 Å². The molecule has 0 heterocycles. The second kappa shape index (κ2) is 6.41. The molecule has 0 radical (unpaired) electrons. The molecule has 0 amide bonds. The normalized spacial score (nSPS) is 20.7. The van der Waals surface area contributed by atoms with Gasteiger partial charge >= 0.3 is 0 Å². The first-order valence-corrected chi connectivity index (χ1v) is 7.62. The van der Waals surface area contributed by atoms with Crippen molar-refractivity contribution in [3.8, 4) is 0 Å². The molecule has 2 nitrogen and oxygen atoms in total. The number of aliphatic hydroxyl groups is 1. The Hall–Kier alpha value is -1.00. The molecule has 4 heteroatoms. The number of benzene rings is 1. The van der Waals surface area contributed by atoms with Crippen LogP contribution < -0.4 is 0 Å².